The highest BCUT2D eigenvalue weighted by atomic mass is 32.1. The minimum Gasteiger partial charge on any atom is -0.481 e. The van der Waals surface area contributed by atoms with Gasteiger partial charge in [0.1, 0.15) is 0 Å². The van der Waals surface area contributed by atoms with E-state index in [1.54, 1.807) is 11.3 Å². The van der Waals surface area contributed by atoms with Crippen molar-refractivity contribution in [3.8, 4) is 0 Å². The molecule has 0 aromatic carbocycles. The fraction of sp³-hybridized carbons (Fsp3) is 0.714. The predicted octanol–water partition coefficient (Wildman–Crippen LogP) is 3.34. The topological polar surface area (TPSA) is 53.4 Å². The van der Waals surface area contributed by atoms with Gasteiger partial charge in [0.05, 0.1) is 10.7 Å². The van der Waals surface area contributed by atoms with Gasteiger partial charge in [-0.15, -0.1) is 11.3 Å². The van der Waals surface area contributed by atoms with Gasteiger partial charge in [-0.3, -0.25) is 9.69 Å². The van der Waals surface area contributed by atoms with Crippen LogP contribution in [-0.2, 0) is 11.3 Å². The van der Waals surface area contributed by atoms with Crippen molar-refractivity contribution < 1.29 is 9.90 Å². The lowest BCUT2D eigenvalue weighted by atomic mass is 10.2. The molecule has 1 aromatic heterocycles. The number of hydrogen-bond donors (Lipinski definition) is 1. The zero-order chi connectivity index (χ0) is 14.4. The van der Waals surface area contributed by atoms with E-state index in [1.165, 1.54) is 5.01 Å². The van der Waals surface area contributed by atoms with Crippen LogP contribution in [0.4, 0.5) is 0 Å². The van der Waals surface area contributed by atoms with Crippen LogP contribution in [0.1, 0.15) is 57.2 Å². The molecule has 0 aliphatic rings. The first-order chi connectivity index (χ1) is 8.90. The van der Waals surface area contributed by atoms with Crippen molar-refractivity contribution in [2.45, 2.75) is 59.0 Å². The molecule has 0 amide bonds. The SMILES string of the molecule is CC(C)c1nc(CN(CCCC(=O)O)C(C)C)cs1. The molecule has 1 heterocycles. The molecule has 0 radical (unpaired) electrons. The van der Waals surface area contributed by atoms with Crippen LogP contribution in [0.15, 0.2) is 5.38 Å². The van der Waals surface area contributed by atoms with E-state index >= 15 is 0 Å². The highest BCUT2D eigenvalue weighted by Crippen LogP contribution is 2.20. The molecule has 108 valence electrons. The normalized spacial score (nSPS) is 11.7. The monoisotopic (exact) mass is 284 g/mol. The van der Waals surface area contributed by atoms with Crippen molar-refractivity contribution in [3.05, 3.63) is 16.1 Å². The standard InChI is InChI=1S/C14H24N2O2S/c1-10(2)14-15-12(9-19-14)8-16(11(3)4)7-5-6-13(17)18/h9-11H,5-8H2,1-4H3,(H,17,18). The van der Waals surface area contributed by atoms with Gasteiger partial charge in [-0.05, 0) is 26.8 Å². The average molecular weight is 284 g/mol. The largest absolute Gasteiger partial charge is 0.481 e. The molecule has 0 atom stereocenters. The molecule has 0 fully saturated rings. The molecule has 0 saturated carbocycles. The van der Waals surface area contributed by atoms with Crippen molar-refractivity contribution in [1.82, 2.24) is 9.88 Å². The number of carboxylic acids is 1. The van der Waals surface area contributed by atoms with E-state index in [4.69, 9.17) is 5.11 Å². The van der Waals surface area contributed by atoms with Gasteiger partial charge in [-0.2, -0.15) is 0 Å². The molecule has 5 heteroatoms. The second-order valence-corrected chi connectivity index (χ2v) is 6.28. The fourth-order valence-corrected chi connectivity index (χ4v) is 2.65. The van der Waals surface area contributed by atoms with Gasteiger partial charge in [0, 0.05) is 30.3 Å². The number of rotatable bonds is 8. The number of thiazole rings is 1. The first kappa shape index (κ1) is 16.1. The summed E-state index contributed by atoms with van der Waals surface area (Å²) in [6, 6.07) is 0.401. The number of aromatic nitrogens is 1. The quantitative estimate of drug-likeness (QED) is 0.795. The molecule has 0 aliphatic heterocycles. The van der Waals surface area contributed by atoms with Gasteiger partial charge < -0.3 is 5.11 Å². The molecular weight excluding hydrogens is 260 g/mol. The Morgan fingerprint density at radius 3 is 2.58 bits per heavy atom. The van der Waals surface area contributed by atoms with Crippen LogP contribution in [0.3, 0.4) is 0 Å². The van der Waals surface area contributed by atoms with E-state index in [0.29, 0.717) is 18.4 Å². The maximum atomic E-state index is 10.6. The van der Waals surface area contributed by atoms with Gasteiger partial charge in [0.15, 0.2) is 0 Å². The lowest BCUT2D eigenvalue weighted by Crippen LogP contribution is -2.31. The maximum Gasteiger partial charge on any atom is 0.303 e. The van der Waals surface area contributed by atoms with Crippen molar-refractivity contribution in [1.29, 1.82) is 0 Å². The lowest BCUT2D eigenvalue weighted by Gasteiger charge is -2.25. The summed E-state index contributed by atoms with van der Waals surface area (Å²) in [7, 11) is 0. The summed E-state index contributed by atoms with van der Waals surface area (Å²) in [4.78, 5) is 17.5. The third-order valence-electron chi connectivity index (χ3n) is 2.99. The highest BCUT2D eigenvalue weighted by Gasteiger charge is 2.13. The summed E-state index contributed by atoms with van der Waals surface area (Å²) in [6.07, 6.45) is 0.923. The van der Waals surface area contributed by atoms with E-state index in [2.05, 4.69) is 43.0 Å². The molecular formula is C14H24N2O2S. The maximum absolute atomic E-state index is 10.6. The minimum absolute atomic E-state index is 0.234. The van der Waals surface area contributed by atoms with Crippen molar-refractivity contribution in [3.63, 3.8) is 0 Å². The number of nitrogens with zero attached hydrogens (tertiary/aromatic N) is 2. The van der Waals surface area contributed by atoms with Crippen molar-refractivity contribution in [2.75, 3.05) is 6.54 Å². The Kier molecular flexibility index (Phi) is 6.45. The van der Waals surface area contributed by atoms with Crippen molar-refractivity contribution in [2.24, 2.45) is 0 Å². The van der Waals surface area contributed by atoms with Crippen LogP contribution in [0.5, 0.6) is 0 Å². The molecule has 0 saturated heterocycles. The Morgan fingerprint density at radius 1 is 1.42 bits per heavy atom. The van der Waals surface area contributed by atoms with Gasteiger partial charge in [0.2, 0.25) is 0 Å². The number of aliphatic carboxylic acids is 1. The number of carboxylic acid groups (broad SMARTS) is 1. The summed E-state index contributed by atoms with van der Waals surface area (Å²) in [5, 5.41) is 12.0. The minimum atomic E-state index is -0.723. The second kappa shape index (κ2) is 7.60. The molecule has 0 aliphatic carbocycles. The molecule has 1 N–H and O–H groups in total. The summed E-state index contributed by atoms with van der Waals surface area (Å²) in [6.45, 7) is 10.2. The zero-order valence-corrected chi connectivity index (χ0v) is 13.0. The summed E-state index contributed by atoms with van der Waals surface area (Å²) < 4.78 is 0. The van der Waals surface area contributed by atoms with Crippen LogP contribution in [-0.4, -0.2) is 33.5 Å². The fourth-order valence-electron chi connectivity index (χ4n) is 1.82. The van der Waals surface area contributed by atoms with Crippen LogP contribution in [0, 0.1) is 0 Å². The zero-order valence-electron chi connectivity index (χ0n) is 12.2. The molecule has 4 nitrogen and oxygen atoms in total. The number of carbonyl (C=O) groups is 1. The first-order valence-electron chi connectivity index (χ1n) is 6.80. The van der Waals surface area contributed by atoms with E-state index in [0.717, 1.165) is 18.8 Å². The third-order valence-corrected chi connectivity index (χ3v) is 4.19. The molecule has 0 bridgehead atoms. The van der Waals surface area contributed by atoms with Gasteiger partial charge >= 0.3 is 5.97 Å². The Hall–Kier alpha value is -0.940. The first-order valence-corrected chi connectivity index (χ1v) is 7.68. The Balaban J connectivity index is 2.54. The van der Waals surface area contributed by atoms with E-state index in [-0.39, 0.29) is 6.42 Å². The van der Waals surface area contributed by atoms with Gasteiger partial charge in [-0.1, -0.05) is 13.8 Å². The van der Waals surface area contributed by atoms with E-state index in [1.807, 2.05) is 0 Å². The molecule has 0 unspecified atom stereocenters. The summed E-state index contributed by atoms with van der Waals surface area (Å²) in [5.41, 5.74) is 1.10. The van der Waals surface area contributed by atoms with Crippen LogP contribution >= 0.6 is 11.3 Å². The Labute approximate surface area is 119 Å². The van der Waals surface area contributed by atoms with E-state index in [9.17, 15) is 4.79 Å². The van der Waals surface area contributed by atoms with Crippen LogP contribution in [0.25, 0.3) is 0 Å². The Morgan fingerprint density at radius 2 is 2.11 bits per heavy atom. The van der Waals surface area contributed by atoms with E-state index < -0.39 is 5.97 Å². The lowest BCUT2D eigenvalue weighted by molar-refractivity contribution is -0.137. The molecule has 1 rings (SSSR count). The number of hydrogen-bond acceptors (Lipinski definition) is 4. The predicted molar refractivity (Wildman–Crippen MR) is 78.6 cm³/mol. The van der Waals surface area contributed by atoms with Crippen LogP contribution in [0.2, 0.25) is 0 Å². The van der Waals surface area contributed by atoms with Gasteiger partial charge in [-0.25, -0.2) is 4.98 Å². The average Bonchev–Trinajstić information content (AvgIpc) is 2.75. The highest BCUT2D eigenvalue weighted by molar-refractivity contribution is 7.09. The molecule has 1 aromatic rings. The van der Waals surface area contributed by atoms with Crippen LogP contribution < -0.4 is 0 Å². The smallest absolute Gasteiger partial charge is 0.303 e. The molecule has 0 spiro atoms. The van der Waals surface area contributed by atoms with Gasteiger partial charge in [0.25, 0.3) is 0 Å². The summed E-state index contributed by atoms with van der Waals surface area (Å²) in [5.74, 6) is -0.252. The molecule has 19 heavy (non-hydrogen) atoms. The Bertz CT molecular complexity index is 402. The van der Waals surface area contributed by atoms with Crippen molar-refractivity contribution >= 4 is 17.3 Å². The second-order valence-electron chi connectivity index (χ2n) is 5.39. The summed E-state index contributed by atoms with van der Waals surface area (Å²) >= 11 is 1.71. The third kappa shape index (κ3) is 5.70.